The normalized spacial score (nSPS) is 29.1. The molecule has 36 heavy (non-hydrogen) atoms. The summed E-state index contributed by atoms with van der Waals surface area (Å²) in [5.41, 5.74) is 0.843. The molecule has 1 amide bonds. The number of likely N-dealkylation sites (tertiary alicyclic amines) is 1. The van der Waals surface area contributed by atoms with Crippen molar-refractivity contribution in [2.75, 3.05) is 31.6 Å². The summed E-state index contributed by atoms with van der Waals surface area (Å²) in [5, 5.41) is 16.2. The summed E-state index contributed by atoms with van der Waals surface area (Å²) in [6.07, 6.45) is 4.21. The van der Waals surface area contributed by atoms with Gasteiger partial charge in [0.15, 0.2) is 0 Å². The number of amides is 1. The predicted molar refractivity (Wildman–Crippen MR) is 144 cm³/mol. The smallest absolute Gasteiger partial charge is 0.229 e. The monoisotopic (exact) mass is 525 g/mol. The number of halogens is 1. The number of benzene rings is 1. The molecule has 1 aliphatic carbocycles. The molecule has 6 nitrogen and oxygen atoms in total. The molecule has 1 saturated carbocycles. The van der Waals surface area contributed by atoms with Crippen molar-refractivity contribution in [3.05, 3.63) is 56.9 Å². The van der Waals surface area contributed by atoms with Crippen molar-refractivity contribution < 1.29 is 14.6 Å². The second kappa shape index (κ2) is 9.37. The number of aryl methyl sites for hydroxylation is 1. The highest BCUT2D eigenvalue weighted by molar-refractivity contribution is 7.12. The summed E-state index contributed by atoms with van der Waals surface area (Å²) >= 11 is 8.51. The summed E-state index contributed by atoms with van der Waals surface area (Å²) in [6.45, 7) is 6.99. The SMILES string of the molecule is Cc1ccc(C2CC2C(=O)Nc2cc3cc(C4CCN([C@@]5(C)COC[C@H]5O)CC4)c(Cl)cc3cn2)s1. The lowest BCUT2D eigenvalue weighted by Crippen LogP contribution is -2.56. The van der Waals surface area contributed by atoms with Crippen LogP contribution in [0.25, 0.3) is 10.8 Å². The van der Waals surface area contributed by atoms with Gasteiger partial charge in [0, 0.05) is 38.2 Å². The van der Waals surface area contributed by atoms with Crippen molar-refractivity contribution in [2.24, 2.45) is 5.92 Å². The number of aliphatic hydroxyl groups is 1. The standard InChI is InChI=1S/C28H32ClN3O3S/c1-16-3-4-24(36-16)21-12-22(21)27(34)31-26-11-18-9-20(23(29)10-19(18)13-30-26)17-5-7-32(8-6-17)28(2)15-35-14-25(28)33/h3-4,9-11,13,17,21-22,25,33H,5-8,12,14-15H2,1-2H3,(H,30,31,34)/t21?,22?,25-,28+/m1/s1. The highest BCUT2D eigenvalue weighted by atomic mass is 35.5. The summed E-state index contributed by atoms with van der Waals surface area (Å²) < 4.78 is 5.54. The lowest BCUT2D eigenvalue weighted by molar-refractivity contribution is -0.117. The Balaban J connectivity index is 1.15. The predicted octanol–water partition coefficient (Wildman–Crippen LogP) is 5.33. The zero-order chi connectivity index (χ0) is 25.0. The number of hydrogen-bond acceptors (Lipinski definition) is 6. The van der Waals surface area contributed by atoms with Crippen molar-refractivity contribution in [3.63, 3.8) is 0 Å². The second-order valence-electron chi connectivity index (χ2n) is 10.8. The topological polar surface area (TPSA) is 74.7 Å². The van der Waals surface area contributed by atoms with Gasteiger partial charge in [0.2, 0.25) is 5.91 Å². The number of anilines is 1. The average molecular weight is 526 g/mol. The summed E-state index contributed by atoms with van der Waals surface area (Å²) in [6, 6.07) is 10.4. The Hall–Kier alpha value is -2.03. The highest BCUT2D eigenvalue weighted by Crippen LogP contribution is 2.50. The number of ether oxygens (including phenoxy) is 1. The van der Waals surface area contributed by atoms with Gasteiger partial charge in [-0.2, -0.15) is 0 Å². The number of carbonyl (C=O) groups is 1. The van der Waals surface area contributed by atoms with E-state index in [0.717, 1.165) is 53.7 Å². The van der Waals surface area contributed by atoms with Gasteiger partial charge >= 0.3 is 0 Å². The van der Waals surface area contributed by atoms with Crippen LogP contribution in [0.5, 0.6) is 0 Å². The molecule has 3 aromatic rings. The number of rotatable bonds is 5. The summed E-state index contributed by atoms with van der Waals surface area (Å²) in [7, 11) is 0. The van der Waals surface area contributed by atoms with E-state index in [0.29, 0.717) is 30.9 Å². The first-order valence-corrected chi connectivity index (χ1v) is 14.0. The molecule has 3 fully saturated rings. The first-order chi connectivity index (χ1) is 17.3. The van der Waals surface area contributed by atoms with E-state index >= 15 is 0 Å². The van der Waals surface area contributed by atoms with Crippen molar-refractivity contribution in [3.8, 4) is 0 Å². The minimum absolute atomic E-state index is 0.0251. The molecule has 190 valence electrons. The molecule has 2 N–H and O–H groups in total. The lowest BCUT2D eigenvalue weighted by Gasteiger charge is -2.43. The van der Waals surface area contributed by atoms with Gasteiger partial charge in [-0.25, -0.2) is 4.98 Å². The van der Waals surface area contributed by atoms with Gasteiger partial charge in [0.1, 0.15) is 5.82 Å². The van der Waals surface area contributed by atoms with Crippen LogP contribution in [0.15, 0.2) is 36.5 Å². The molecule has 2 unspecified atom stereocenters. The molecule has 0 spiro atoms. The van der Waals surface area contributed by atoms with E-state index < -0.39 is 6.10 Å². The van der Waals surface area contributed by atoms with Crippen LogP contribution in [0.4, 0.5) is 5.82 Å². The zero-order valence-electron chi connectivity index (χ0n) is 20.7. The Morgan fingerprint density at radius 1 is 1.25 bits per heavy atom. The van der Waals surface area contributed by atoms with Crippen LogP contribution in [0.3, 0.4) is 0 Å². The number of pyridine rings is 1. The Morgan fingerprint density at radius 2 is 2.06 bits per heavy atom. The molecule has 8 heteroatoms. The van der Waals surface area contributed by atoms with E-state index in [-0.39, 0.29) is 17.4 Å². The molecule has 4 atom stereocenters. The van der Waals surface area contributed by atoms with E-state index in [1.165, 1.54) is 9.75 Å². The van der Waals surface area contributed by atoms with Gasteiger partial charge < -0.3 is 15.2 Å². The van der Waals surface area contributed by atoms with Crippen LogP contribution in [-0.4, -0.2) is 58.8 Å². The summed E-state index contributed by atoms with van der Waals surface area (Å²) in [4.78, 5) is 22.3. The number of fused-ring (bicyclic) bond motifs is 1. The molecule has 0 radical (unpaired) electrons. The molecule has 2 aliphatic heterocycles. The number of thiophene rings is 1. The highest BCUT2D eigenvalue weighted by Gasteiger charge is 2.46. The maximum Gasteiger partial charge on any atom is 0.229 e. The fourth-order valence-corrected chi connectivity index (χ4v) is 7.27. The molecule has 6 rings (SSSR count). The van der Waals surface area contributed by atoms with Gasteiger partial charge in [-0.05, 0) is 93.4 Å². The Labute approximate surface area is 220 Å². The van der Waals surface area contributed by atoms with E-state index in [1.807, 2.05) is 12.1 Å². The van der Waals surface area contributed by atoms with E-state index in [1.54, 1.807) is 17.5 Å². The molecule has 4 heterocycles. The number of hydrogen-bond donors (Lipinski definition) is 2. The molecule has 0 bridgehead atoms. The van der Waals surface area contributed by atoms with Crippen molar-refractivity contribution >= 4 is 45.4 Å². The van der Waals surface area contributed by atoms with E-state index in [2.05, 4.69) is 47.2 Å². The van der Waals surface area contributed by atoms with Crippen molar-refractivity contribution in [1.82, 2.24) is 9.88 Å². The number of aliphatic hydroxyl groups excluding tert-OH is 1. The first kappa shape index (κ1) is 24.3. The molecule has 3 aliphatic rings. The third-order valence-electron chi connectivity index (χ3n) is 8.39. The summed E-state index contributed by atoms with van der Waals surface area (Å²) in [5.74, 6) is 1.35. The number of carbonyl (C=O) groups excluding carboxylic acids is 1. The Bertz CT molecular complexity index is 1300. The molecular formula is C28H32ClN3O3S. The third-order valence-corrected chi connectivity index (χ3v) is 9.85. The quantitative estimate of drug-likeness (QED) is 0.471. The van der Waals surface area contributed by atoms with Gasteiger partial charge in [0.05, 0.1) is 24.9 Å². The first-order valence-electron chi connectivity index (χ1n) is 12.8. The van der Waals surface area contributed by atoms with Gasteiger partial charge in [-0.15, -0.1) is 11.3 Å². The van der Waals surface area contributed by atoms with Crippen LogP contribution < -0.4 is 5.32 Å². The van der Waals surface area contributed by atoms with E-state index in [4.69, 9.17) is 16.3 Å². The molecule has 2 aromatic heterocycles. The number of aromatic nitrogens is 1. The van der Waals surface area contributed by atoms with Gasteiger partial charge in [-0.3, -0.25) is 9.69 Å². The fourth-order valence-electron chi connectivity index (χ4n) is 5.89. The Morgan fingerprint density at radius 3 is 2.75 bits per heavy atom. The van der Waals surface area contributed by atoms with Crippen LogP contribution in [0.1, 0.15) is 53.3 Å². The Kier molecular flexibility index (Phi) is 6.33. The number of nitrogens with zero attached hydrogens (tertiary/aromatic N) is 2. The minimum atomic E-state index is -0.445. The molecular weight excluding hydrogens is 494 g/mol. The van der Waals surface area contributed by atoms with Crippen LogP contribution >= 0.6 is 22.9 Å². The fraction of sp³-hybridized carbons (Fsp3) is 0.500. The zero-order valence-corrected chi connectivity index (χ0v) is 22.2. The van der Waals surface area contributed by atoms with Crippen LogP contribution in [-0.2, 0) is 9.53 Å². The van der Waals surface area contributed by atoms with Crippen molar-refractivity contribution in [2.45, 2.75) is 56.6 Å². The largest absolute Gasteiger partial charge is 0.389 e. The third kappa shape index (κ3) is 4.45. The van der Waals surface area contributed by atoms with Gasteiger partial charge in [0.25, 0.3) is 0 Å². The van der Waals surface area contributed by atoms with Crippen molar-refractivity contribution in [1.29, 1.82) is 0 Å². The van der Waals surface area contributed by atoms with Crippen LogP contribution in [0, 0.1) is 12.8 Å². The van der Waals surface area contributed by atoms with Crippen LogP contribution in [0.2, 0.25) is 5.02 Å². The van der Waals surface area contributed by atoms with E-state index in [9.17, 15) is 9.90 Å². The maximum atomic E-state index is 12.9. The number of piperidine rings is 1. The number of nitrogens with one attached hydrogen (secondary N) is 1. The second-order valence-corrected chi connectivity index (χ2v) is 12.6. The minimum Gasteiger partial charge on any atom is -0.389 e. The average Bonchev–Trinajstić information content (AvgIpc) is 3.44. The maximum absolute atomic E-state index is 12.9. The van der Waals surface area contributed by atoms with Gasteiger partial charge in [-0.1, -0.05) is 11.6 Å². The lowest BCUT2D eigenvalue weighted by atomic mass is 9.85. The molecule has 2 saturated heterocycles. The molecule has 1 aromatic carbocycles.